The first kappa shape index (κ1) is 17.1. The van der Waals surface area contributed by atoms with Crippen molar-refractivity contribution in [3.63, 3.8) is 0 Å². The number of amides is 1. The first-order valence-electron chi connectivity index (χ1n) is 9.59. The molecule has 2 aliphatic rings. The van der Waals surface area contributed by atoms with Crippen molar-refractivity contribution in [2.45, 2.75) is 44.7 Å². The molecule has 0 saturated carbocycles. The average Bonchev–Trinajstić information content (AvgIpc) is 3.21. The number of tetrazole rings is 1. The predicted molar refractivity (Wildman–Crippen MR) is 97.5 cm³/mol. The summed E-state index contributed by atoms with van der Waals surface area (Å²) < 4.78 is 1.67. The molecule has 0 N–H and O–H groups in total. The summed E-state index contributed by atoms with van der Waals surface area (Å²) in [6.45, 7) is 4.38. The van der Waals surface area contributed by atoms with Gasteiger partial charge in [0, 0.05) is 45.2 Å². The van der Waals surface area contributed by atoms with E-state index in [0.29, 0.717) is 19.0 Å². The van der Waals surface area contributed by atoms with Crippen LogP contribution in [0, 0.1) is 0 Å². The summed E-state index contributed by atoms with van der Waals surface area (Å²) in [7, 11) is 0. The number of nitrogens with zero attached hydrogens (tertiary/aromatic N) is 6. The Morgan fingerprint density at radius 1 is 1.12 bits per heavy atom. The highest BCUT2D eigenvalue weighted by Crippen LogP contribution is 2.25. The molecular weight excluding hydrogens is 328 g/mol. The van der Waals surface area contributed by atoms with E-state index >= 15 is 0 Å². The zero-order valence-corrected chi connectivity index (χ0v) is 15.1. The summed E-state index contributed by atoms with van der Waals surface area (Å²) in [6.07, 6.45) is 6.50. The van der Waals surface area contributed by atoms with Crippen molar-refractivity contribution >= 4 is 5.91 Å². The van der Waals surface area contributed by atoms with E-state index in [4.69, 9.17) is 0 Å². The molecule has 1 aliphatic carbocycles. The first-order chi connectivity index (χ1) is 12.8. The van der Waals surface area contributed by atoms with E-state index in [9.17, 15) is 4.79 Å². The molecule has 7 heteroatoms. The lowest BCUT2D eigenvalue weighted by Gasteiger charge is -2.41. The molecular formula is C19H26N6O. The van der Waals surface area contributed by atoms with Gasteiger partial charge >= 0.3 is 0 Å². The number of fused-ring (bicyclic) bond motifs is 1. The third-order valence-electron chi connectivity index (χ3n) is 5.67. The Balaban J connectivity index is 1.22. The normalized spacial score (nSPS) is 20.8. The third-order valence-corrected chi connectivity index (χ3v) is 5.67. The van der Waals surface area contributed by atoms with Gasteiger partial charge in [-0.15, -0.1) is 5.10 Å². The first-order valence-corrected chi connectivity index (χ1v) is 9.59. The van der Waals surface area contributed by atoms with Gasteiger partial charge in [0.15, 0.2) is 0 Å². The lowest BCUT2D eigenvalue weighted by Crippen LogP contribution is -2.53. The van der Waals surface area contributed by atoms with Gasteiger partial charge in [-0.1, -0.05) is 24.3 Å². The highest BCUT2D eigenvalue weighted by molar-refractivity contribution is 5.76. The minimum atomic E-state index is 0.256. The summed E-state index contributed by atoms with van der Waals surface area (Å²) in [6, 6.07) is 9.45. The van der Waals surface area contributed by atoms with Crippen LogP contribution in [0.5, 0.6) is 0 Å². The van der Waals surface area contributed by atoms with E-state index in [0.717, 1.165) is 39.0 Å². The van der Waals surface area contributed by atoms with Gasteiger partial charge in [-0.25, -0.2) is 4.68 Å². The Labute approximate surface area is 154 Å². The molecule has 0 spiro atoms. The lowest BCUT2D eigenvalue weighted by atomic mass is 9.87. The number of aromatic nitrogens is 4. The SMILES string of the molecule is O=C(CCCn1cnnn1)N1CCN([C@H]2CCc3ccccc3C2)CC1. The van der Waals surface area contributed by atoms with Crippen molar-refractivity contribution in [3.05, 3.63) is 41.7 Å². The van der Waals surface area contributed by atoms with Crippen LogP contribution in [-0.2, 0) is 24.2 Å². The summed E-state index contributed by atoms with van der Waals surface area (Å²) in [4.78, 5) is 17.0. The fourth-order valence-electron chi connectivity index (χ4n) is 4.16. The fourth-order valence-corrected chi connectivity index (χ4v) is 4.16. The smallest absolute Gasteiger partial charge is 0.222 e. The van der Waals surface area contributed by atoms with Crippen LogP contribution in [0.4, 0.5) is 0 Å². The largest absolute Gasteiger partial charge is 0.340 e. The Morgan fingerprint density at radius 3 is 2.69 bits per heavy atom. The standard InChI is InChI=1S/C19H26N6O/c26-19(6-3-9-25-15-20-21-22-25)24-12-10-23(11-13-24)18-8-7-16-4-1-2-5-17(16)14-18/h1-2,4-5,15,18H,3,6-14H2/t18-/m0/s1. The second kappa shape index (κ2) is 7.95. The van der Waals surface area contributed by atoms with E-state index in [2.05, 4.69) is 44.7 Å². The summed E-state index contributed by atoms with van der Waals surface area (Å²) in [5, 5.41) is 11.0. The Bertz CT molecular complexity index is 723. The molecule has 0 bridgehead atoms. The minimum absolute atomic E-state index is 0.256. The second-order valence-electron chi connectivity index (χ2n) is 7.26. The number of aryl methyl sites for hydroxylation is 2. The zero-order chi connectivity index (χ0) is 17.8. The molecule has 1 atom stereocenters. The third kappa shape index (κ3) is 3.93. The number of piperazine rings is 1. The monoisotopic (exact) mass is 354 g/mol. The molecule has 0 unspecified atom stereocenters. The topological polar surface area (TPSA) is 67.2 Å². The van der Waals surface area contributed by atoms with Crippen molar-refractivity contribution < 1.29 is 4.79 Å². The molecule has 4 rings (SSSR count). The van der Waals surface area contributed by atoms with Crippen LogP contribution in [0.3, 0.4) is 0 Å². The van der Waals surface area contributed by atoms with Crippen LogP contribution in [0.15, 0.2) is 30.6 Å². The lowest BCUT2D eigenvalue weighted by molar-refractivity contribution is -0.133. The van der Waals surface area contributed by atoms with Crippen molar-refractivity contribution in [1.29, 1.82) is 0 Å². The van der Waals surface area contributed by atoms with Crippen molar-refractivity contribution in [2.24, 2.45) is 0 Å². The van der Waals surface area contributed by atoms with E-state index in [-0.39, 0.29) is 5.91 Å². The van der Waals surface area contributed by atoms with Crippen LogP contribution in [0.2, 0.25) is 0 Å². The Morgan fingerprint density at radius 2 is 1.92 bits per heavy atom. The van der Waals surface area contributed by atoms with Gasteiger partial charge < -0.3 is 4.90 Å². The number of hydrogen-bond donors (Lipinski definition) is 0. The molecule has 138 valence electrons. The number of benzene rings is 1. The maximum atomic E-state index is 12.4. The molecule has 1 saturated heterocycles. The van der Waals surface area contributed by atoms with Gasteiger partial charge in [-0.3, -0.25) is 9.69 Å². The van der Waals surface area contributed by atoms with E-state index in [1.54, 1.807) is 11.0 Å². The van der Waals surface area contributed by atoms with Gasteiger partial charge in [0.1, 0.15) is 6.33 Å². The van der Waals surface area contributed by atoms with E-state index in [1.165, 1.54) is 24.0 Å². The van der Waals surface area contributed by atoms with E-state index < -0.39 is 0 Å². The molecule has 1 aromatic heterocycles. The number of carbonyl (C=O) groups is 1. The molecule has 1 aromatic carbocycles. The molecule has 1 fully saturated rings. The quantitative estimate of drug-likeness (QED) is 0.806. The maximum absolute atomic E-state index is 12.4. The molecule has 0 radical (unpaired) electrons. The van der Waals surface area contributed by atoms with Crippen molar-refractivity contribution in [1.82, 2.24) is 30.0 Å². The molecule has 2 heterocycles. The molecule has 2 aromatic rings. The van der Waals surface area contributed by atoms with E-state index in [1.807, 2.05) is 4.90 Å². The summed E-state index contributed by atoms with van der Waals surface area (Å²) in [5.74, 6) is 0.256. The molecule has 1 amide bonds. The van der Waals surface area contributed by atoms with Gasteiger partial charge in [-0.2, -0.15) is 0 Å². The van der Waals surface area contributed by atoms with Crippen LogP contribution >= 0.6 is 0 Å². The predicted octanol–water partition coefficient (Wildman–Crippen LogP) is 1.16. The molecule has 1 aliphatic heterocycles. The zero-order valence-electron chi connectivity index (χ0n) is 15.1. The van der Waals surface area contributed by atoms with Crippen LogP contribution in [-0.4, -0.2) is 68.1 Å². The second-order valence-corrected chi connectivity index (χ2v) is 7.26. The highest BCUT2D eigenvalue weighted by atomic mass is 16.2. The van der Waals surface area contributed by atoms with Crippen LogP contribution in [0.1, 0.15) is 30.4 Å². The van der Waals surface area contributed by atoms with Gasteiger partial charge in [0.25, 0.3) is 0 Å². The van der Waals surface area contributed by atoms with Crippen LogP contribution < -0.4 is 0 Å². The van der Waals surface area contributed by atoms with Crippen molar-refractivity contribution in [2.75, 3.05) is 26.2 Å². The Kier molecular flexibility index (Phi) is 5.24. The number of carbonyl (C=O) groups excluding carboxylic acids is 1. The Hall–Kier alpha value is -2.28. The minimum Gasteiger partial charge on any atom is -0.340 e. The van der Waals surface area contributed by atoms with Gasteiger partial charge in [-0.05, 0) is 47.2 Å². The number of rotatable bonds is 5. The van der Waals surface area contributed by atoms with Crippen LogP contribution in [0.25, 0.3) is 0 Å². The molecule has 7 nitrogen and oxygen atoms in total. The maximum Gasteiger partial charge on any atom is 0.222 e. The summed E-state index contributed by atoms with van der Waals surface area (Å²) in [5.41, 5.74) is 3.02. The van der Waals surface area contributed by atoms with Crippen molar-refractivity contribution in [3.8, 4) is 0 Å². The highest BCUT2D eigenvalue weighted by Gasteiger charge is 2.28. The average molecular weight is 354 g/mol. The number of hydrogen-bond acceptors (Lipinski definition) is 5. The summed E-state index contributed by atoms with van der Waals surface area (Å²) >= 11 is 0. The molecule has 26 heavy (non-hydrogen) atoms. The van der Waals surface area contributed by atoms with Gasteiger partial charge in [0.05, 0.1) is 0 Å². The van der Waals surface area contributed by atoms with Gasteiger partial charge in [0.2, 0.25) is 5.91 Å². The fraction of sp³-hybridized carbons (Fsp3) is 0.579.